The predicted octanol–water partition coefficient (Wildman–Crippen LogP) is 1.31. The van der Waals surface area contributed by atoms with E-state index in [0.29, 0.717) is 5.69 Å². The number of pyridine rings is 1. The summed E-state index contributed by atoms with van der Waals surface area (Å²) in [4.78, 5) is 20.3. The molecule has 0 bridgehead atoms. The lowest BCUT2D eigenvalue weighted by Crippen LogP contribution is -2.37. The van der Waals surface area contributed by atoms with E-state index in [-0.39, 0.29) is 5.91 Å². The average molecular weight is 258 g/mol. The van der Waals surface area contributed by atoms with Crippen molar-refractivity contribution >= 4 is 24.4 Å². The van der Waals surface area contributed by atoms with E-state index in [2.05, 4.69) is 23.5 Å². The summed E-state index contributed by atoms with van der Waals surface area (Å²) in [6.07, 6.45) is 1.73. The van der Waals surface area contributed by atoms with Gasteiger partial charge in [-0.25, -0.2) is 5.06 Å². The van der Waals surface area contributed by atoms with E-state index in [1.165, 1.54) is 12.2 Å². The second-order valence-corrected chi connectivity index (χ2v) is 6.06. The SMILES string of the molecule is CON(C)C(=O)C(P)(P)c1ccc(C)cn1. The van der Waals surface area contributed by atoms with Crippen molar-refractivity contribution in [2.24, 2.45) is 0 Å². The maximum atomic E-state index is 12.0. The number of aryl methyl sites for hydroxylation is 1. The minimum atomic E-state index is -0.849. The molecule has 0 saturated carbocycles. The molecule has 0 N–H and O–H groups in total. The van der Waals surface area contributed by atoms with Crippen LogP contribution in [0.2, 0.25) is 0 Å². The van der Waals surface area contributed by atoms with Gasteiger partial charge in [-0.15, -0.1) is 18.5 Å². The highest BCUT2D eigenvalue weighted by Gasteiger charge is 2.34. The Morgan fingerprint density at radius 2 is 2.12 bits per heavy atom. The number of rotatable bonds is 3. The lowest BCUT2D eigenvalue weighted by Gasteiger charge is -2.26. The van der Waals surface area contributed by atoms with Gasteiger partial charge in [-0.05, 0) is 18.6 Å². The molecule has 0 aliphatic carbocycles. The minimum Gasteiger partial charge on any atom is -0.275 e. The van der Waals surface area contributed by atoms with Gasteiger partial charge in [-0.1, -0.05) is 6.07 Å². The van der Waals surface area contributed by atoms with Crippen molar-refractivity contribution in [3.8, 4) is 0 Å². The Bertz CT molecular complexity index is 379. The van der Waals surface area contributed by atoms with Crippen LogP contribution < -0.4 is 0 Å². The molecule has 0 aliphatic heterocycles. The van der Waals surface area contributed by atoms with Crippen LogP contribution in [0.5, 0.6) is 0 Å². The minimum absolute atomic E-state index is 0.193. The Morgan fingerprint density at radius 3 is 2.56 bits per heavy atom. The van der Waals surface area contributed by atoms with E-state index in [9.17, 15) is 4.79 Å². The van der Waals surface area contributed by atoms with Gasteiger partial charge in [0.2, 0.25) is 0 Å². The molecular weight excluding hydrogens is 242 g/mol. The van der Waals surface area contributed by atoms with Crippen molar-refractivity contribution in [3.05, 3.63) is 29.6 Å². The summed E-state index contributed by atoms with van der Waals surface area (Å²) in [5.74, 6) is -0.193. The van der Waals surface area contributed by atoms with E-state index in [0.717, 1.165) is 5.56 Å². The van der Waals surface area contributed by atoms with Crippen LogP contribution in [0.25, 0.3) is 0 Å². The molecule has 0 aliphatic rings. The molecule has 1 amide bonds. The quantitative estimate of drug-likeness (QED) is 0.606. The maximum Gasteiger partial charge on any atom is 0.265 e. The summed E-state index contributed by atoms with van der Waals surface area (Å²) in [6.45, 7) is 1.95. The summed E-state index contributed by atoms with van der Waals surface area (Å²) >= 11 is 0. The highest BCUT2D eigenvalue weighted by atomic mass is 31.1. The number of amides is 1. The first-order chi connectivity index (χ1) is 7.39. The maximum absolute atomic E-state index is 12.0. The fraction of sp³-hybridized carbons (Fsp3) is 0.400. The lowest BCUT2D eigenvalue weighted by atomic mass is 10.2. The van der Waals surface area contributed by atoms with Crippen LogP contribution in [0.15, 0.2) is 18.3 Å². The number of aromatic nitrogens is 1. The van der Waals surface area contributed by atoms with Crippen LogP contribution in [-0.2, 0) is 14.5 Å². The van der Waals surface area contributed by atoms with Crippen molar-refractivity contribution in [2.45, 2.75) is 11.8 Å². The molecule has 2 unspecified atom stereocenters. The molecule has 1 aromatic rings. The number of carbonyl (C=O) groups is 1. The molecule has 0 saturated heterocycles. The number of hydroxylamine groups is 2. The summed E-state index contributed by atoms with van der Waals surface area (Å²) in [7, 11) is 8.00. The number of hydrogen-bond donors (Lipinski definition) is 0. The largest absolute Gasteiger partial charge is 0.275 e. The van der Waals surface area contributed by atoms with Crippen LogP contribution in [0, 0.1) is 6.92 Å². The number of hydrogen-bond acceptors (Lipinski definition) is 3. The molecule has 0 fully saturated rings. The van der Waals surface area contributed by atoms with Gasteiger partial charge in [0.15, 0.2) is 0 Å². The van der Waals surface area contributed by atoms with E-state index in [4.69, 9.17) is 4.84 Å². The van der Waals surface area contributed by atoms with Gasteiger partial charge in [0, 0.05) is 13.2 Å². The molecule has 1 rings (SSSR count). The third-order valence-corrected chi connectivity index (χ3v) is 3.33. The monoisotopic (exact) mass is 258 g/mol. The number of likely N-dealkylation sites (N-methyl/N-ethyl adjacent to an activating group) is 1. The first-order valence-corrected chi connectivity index (χ1v) is 5.88. The fourth-order valence-corrected chi connectivity index (χ4v) is 1.87. The first-order valence-electron chi connectivity index (χ1n) is 4.72. The van der Waals surface area contributed by atoms with Crippen LogP contribution in [-0.4, -0.2) is 30.1 Å². The average Bonchev–Trinajstić information content (AvgIpc) is 2.27. The topological polar surface area (TPSA) is 42.4 Å². The molecule has 0 radical (unpaired) electrons. The third kappa shape index (κ3) is 2.76. The summed E-state index contributed by atoms with van der Waals surface area (Å²) < 4.78 is 0. The molecule has 16 heavy (non-hydrogen) atoms. The molecule has 1 heterocycles. The molecule has 0 spiro atoms. The van der Waals surface area contributed by atoms with Gasteiger partial charge in [0.1, 0.15) is 4.90 Å². The summed E-state index contributed by atoms with van der Waals surface area (Å²) in [6, 6.07) is 3.75. The molecule has 0 aromatic carbocycles. The smallest absolute Gasteiger partial charge is 0.265 e. The second kappa shape index (κ2) is 5.18. The molecule has 88 valence electrons. The van der Waals surface area contributed by atoms with E-state index in [1.54, 1.807) is 13.2 Å². The summed E-state index contributed by atoms with van der Waals surface area (Å²) in [5.41, 5.74) is 1.73. The van der Waals surface area contributed by atoms with Crippen molar-refractivity contribution < 1.29 is 9.63 Å². The normalized spacial score (nSPS) is 11.3. The Kier molecular flexibility index (Phi) is 4.37. The Hall–Kier alpha value is -0.560. The standard InChI is InChI=1S/C10H16N2O2P2/c1-7-4-5-8(11-6-7)10(15,16)9(13)12(2)14-3/h4-6H,15-16H2,1-3H3. The first kappa shape index (κ1) is 13.5. The highest BCUT2D eigenvalue weighted by molar-refractivity contribution is 7.41. The number of carbonyl (C=O) groups excluding carboxylic acids is 1. The van der Waals surface area contributed by atoms with E-state index in [1.807, 2.05) is 19.1 Å². The van der Waals surface area contributed by atoms with E-state index < -0.39 is 4.90 Å². The third-order valence-electron chi connectivity index (χ3n) is 2.25. The molecular formula is C10H16N2O2P2. The molecule has 4 nitrogen and oxygen atoms in total. The van der Waals surface area contributed by atoms with Gasteiger partial charge < -0.3 is 0 Å². The van der Waals surface area contributed by atoms with Crippen LogP contribution in [0.4, 0.5) is 0 Å². The van der Waals surface area contributed by atoms with Crippen molar-refractivity contribution in [1.29, 1.82) is 0 Å². The molecule has 1 aromatic heterocycles. The van der Waals surface area contributed by atoms with E-state index >= 15 is 0 Å². The Labute approximate surface area is 100 Å². The van der Waals surface area contributed by atoms with Crippen LogP contribution in [0.1, 0.15) is 11.3 Å². The Balaban J connectivity index is 3.01. The van der Waals surface area contributed by atoms with Gasteiger partial charge in [-0.2, -0.15) is 0 Å². The zero-order chi connectivity index (χ0) is 12.3. The fourth-order valence-electron chi connectivity index (χ4n) is 1.17. The second-order valence-electron chi connectivity index (χ2n) is 3.58. The van der Waals surface area contributed by atoms with Gasteiger partial charge >= 0.3 is 0 Å². The van der Waals surface area contributed by atoms with Crippen molar-refractivity contribution in [3.63, 3.8) is 0 Å². The highest BCUT2D eigenvalue weighted by Crippen LogP contribution is 2.39. The lowest BCUT2D eigenvalue weighted by molar-refractivity contribution is -0.169. The predicted molar refractivity (Wildman–Crippen MR) is 69.9 cm³/mol. The number of nitrogens with zero attached hydrogens (tertiary/aromatic N) is 2. The summed E-state index contributed by atoms with van der Waals surface area (Å²) in [5, 5.41) is 1.18. The van der Waals surface area contributed by atoms with Crippen LogP contribution in [0.3, 0.4) is 0 Å². The molecule has 6 heteroatoms. The van der Waals surface area contributed by atoms with Crippen LogP contribution >= 0.6 is 18.5 Å². The van der Waals surface area contributed by atoms with Crippen molar-refractivity contribution in [1.82, 2.24) is 10.0 Å². The van der Waals surface area contributed by atoms with Crippen molar-refractivity contribution in [2.75, 3.05) is 14.2 Å². The van der Waals surface area contributed by atoms with Gasteiger partial charge in [0.25, 0.3) is 5.91 Å². The zero-order valence-electron chi connectivity index (χ0n) is 9.60. The zero-order valence-corrected chi connectivity index (χ0v) is 11.9. The Morgan fingerprint density at radius 1 is 1.50 bits per heavy atom. The van der Waals surface area contributed by atoms with Gasteiger partial charge in [-0.3, -0.25) is 14.6 Å². The van der Waals surface area contributed by atoms with Gasteiger partial charge in [0.05, 0.1) is 12.8 Å². The molecule has 2 atom stereocenters.